The first kappa shape index (κ1) is 27.0. The molecule has 3 unspecified atom stereocenters. The van der Waals surface area contributed by atoms with E-state index >= 15 is 0 Å². The molecule has 0 radical (unpaired) electrons. The first-order chi connectivity index (χ1) is 14.8. The third kappa shape index (κ3) is 8.91. The standard InChI is InChI=1S/C20H32I2N2O6S/c1-15(2)13-24(31(28,29)18-6-4-3-5-7-18)14-19(22-27)21-23-20(26)30-17-9-8-16(12-17)10-11-25/h3-7,15-17,19,25,27H,8-14H2,1-2H3,(H,23,26)/q-2. The van der Waals surface area contributed by atoms with Gasteiger partial charge in [-0.3, -0.25) is 0 Å². The van der Waals surface area contributed by atoms with Gasteiger partial charge in [-0.05, 0) is 0 Å². The second kappa shape index (κ2) is 13.5. The van der Waals surface area contributed by atoms with Crippen molar-refractivity contribution in [3.05, 3.63) is 30.3 Å². The molecule has 1 aliphatic rings. The summed E-state index contributed by atoms with van der Waals surface area (Å²) in [4.78, 5) is 12.4. The van der Waals surface area contributed by atoms with Crippen molar-refractivity contribution < 1.29 is 69.6 Å². The second-order valence-corrected chi connectivity index (χ2v) is 17.0. The van der Waals surface area contributed by atoms with Gasteiger partial charge in [0.05, 0.1) is 0 Å². The van der Waals surface area contributed by atoms with E-state index in [1.807, 2.05) is 13.8 Å². The average molecular weight is 682 g/mol. The number of aliphatic hydroxyl groups excluding tert-OH is 1. The van der Waals surface area contributed by atoms with E-state index in [4.69, 9.17) is 9.84 Å². The molecule has 1 saturated carbocycles. The van der Waals surface area contributed by atoms with Crippen molar-refractivity contribution >= 4 is 16.1 Å². The van der Waals surface area contributed by atoms with Crippen LogP contribution in [0.3, 0.4) is 0 Å². The number of rotatable bonds is 12. The number of hydrogen-bond donors (Lipinski definition) is 3. The van der Waals surface area contributed by atoms with Crippen LogP contribution in [0.1, 0.15) is 39.5 Å². The van der Waals surface area contributed by atoms with Crippen molar-refractivity contribution in [2.45, 2.75) is 52.5 Å². The van der Waals surface area contributed by atoms with Gasteiger partial charge in [0.15, 0.2) is 0 Å². The van der Waals surface area contributed by atoms with Crippen LogP contribution >= 0.6 is 0 Å². The van der Waals surface area contributed by atoms with Crippen LogP contribution in [-0.4, -0.2) is 55.1 Å². The summed E-state index contributed by atoms with van der Waals surface area (Å²) in [5.74, 6) is 0.516. The number of aliphatic hydroxyl groups is 1. The predicted molar refractivity (Wildman–Crippen MR) is 108 cm³/mol. The summed E-state index contributed by atoms with van der Waals surface area (Å²) in [7, 11) is -3.68. The van der Waals surface area contributed by atoms with Crippen LogP contribution in [0.2, 0.25) is 0 Å². The van der Waals surface area contributed by atoms with Crippen molar-refractivity contribution in [3.63, 3.8) is 0 Å². The third-order valence-corrected chi connectivity index (χ3v) is 12.6. The van der Waals surface area contributed by atoms with Crippen molar-refractivity contribution in [2.75, 3.05) is 19.7 Å². The Morgan fingerprint density at radius 3 is 2.58 bits per heavy atom. The molecule has 2 rings (SSSR count). The van der Waals surface area contributed by atoms with Crippen LogP contribution < -0.4 is 46.6 Å². The van der Waals surface area contributed by atoms with Gasteiger partial charge in [0.1, 0.15) is 0 Å². The maximum atomic E-state index is 13.1. The van der Waals surface area contributed by atoms with Gasteiger partial charge in [-0.15, -0.1) is 0 Å². The molecule has 0 aliphatic heterocycles. The Kier molecular flexibility index (Phi) is 11.8. The van der Waals surface area contributed by atoms with Crippen molar-refractivity contribution in [1.29, 1.82) is 0 Å². The van der Waals surface area contributed by atoms with Gasteiger partial charge < -0.3 is 0 Å². The van der Waals surface area contributed by atoms with E-state index in [1.165, 1.54) is 4.31 Å². The zero-order valence-corrected chi connectivity index (χ0v) is 22.9. The van der Waals surface area contributed by atoms with Crippen LogP contribution in [0.15, 0.2) is 35.2 Å². The summed E-state index contributed by atoms with van der Waals surface area (Å²) in [6.45, 7) is 4.59. The maximum absolute atomic E-state index is 13.1. The van der Waals surface area contributed by atoms with E-state index in [0.29, 0.717) is 12.5 Å². The SMILES string of the molecule is CC(C)CN(CC([I-]O)[I-]NC(=O)OC1CCC(CCO)C1)S(=O)(=O)c1ccccc1. The fourth-order valence-electron chi connectivity index (χ4n) is 3.52. The normalized spacial score (nSPS) is 20.5. The number of nitrogens with zero attached hydrogens (tertiary/aromatic N) is 1. The number of carbonyl (C=O) groups excluding carboxylic acids is 1. The number of amides is 1. The van der Waals surface area contributed by atoms with Gasteiger partial charge in [0.25, 0.3) is 0 Å². The Labute approximate surface area is 206 Å². The summed E-state index contributed by atoms with van der Waals surface area (Å²) in [6, 6.07) is 8.29. The molecule has 0 spiro atoms. The molecule has 0 bridgehead atoms. The Bertz CT molecular complexity index is 781. The van der Waals surface area contributed by atoms with Gasteiger partial charge in [-0.25, -0.2) is 0 Å². The number of carbonyl (C=O) groups is 1. The molecule has 0 saturated heterocycles. The summed E-state index contributed by atoms with van der Waals surface area (Å²) in [6.07, 6.45) is 2.60. The number of benzene rings is 1. The number of nitrogens with one attached hydrogen (secondary N) is 1. The van der Waals surface area contributed by atoms with Crippen LogP contribution in [-0.2, 0) is 14.8 Å². The Balaban J connectivity index is 1.93. The molecule has 1 aromatic carbocycles. The molecule has 1 aliphatic carbocycles. The quantitative estimate of drug-likeness (QED) is 0.118. The topological polar surface area (TPSA) is 116 Å². The van der Waals surface area contributed by atoms with E-state index in [9.17, 15) is 16.6 Å². The third-order valence-electron chi connectivity index (χ3n) is 4.95. The zero-order chi connectivity index (χ0) is 22.9. The number of hydrogen-bond acceptors (Lipinski definition) is 6. The van der Waals surface area contributed by atoms with E-state index in [1.54, 1.807) is 30.3 Å². The molecule has 1 amide bonds. The second-order valence-electron chi connectivity index (χ2n) is 7.94. The minimum atomic E-state index is -3.68. The first-order valence-corrected chi connectivity index (χ1v) is 16.3. The summed E-state index contributed by atoms with van der Waals surface area (Å²) in [5.41, 5.74) is 0. The van der Waals surface area contributed by atoms with Crippen LogP contribution in [0.4, 0.5) is 4.79 Å². The molecule has 1 fully saturated rings. The van der Waals surface area contributed by atoms with Gasteiger partial charge in [0, 0.05) is 0 Å². The van der Waals surface area contributed by atoms with Gasteiger partial charge in [-0.2, -0.15) is 0 Å². The average Bonchev–Trinajstić information content (AvgIpc) is 3.17. The van der Waals surface area contributed by atoms with Gasteiger partial charge in [-0.1, -0.05) is 0 Å². The summed E-state index contributed by atoms with van der Waals surface area (Å²) < 4.78 is 45.6. The van der Waals surface area contributed by atoms with Gasteiger partial charge in [0.2, 0.25) is 0 Å². The monoisotopic (exact) mass is 682 g/mol. The molecular formula is C20H32I2N2O6S-2. The zero-order valence-electron chi connectivity index (χ0n) is 17.8. The molecule has 11 heteroatoms. The van der Waals surface area contributed by atoms with Crippen LogP contribution in [0.25, 0.3) is 0 Å². The van der Waals surface area contributed by atoms with Gasteiger partial charge >= 0.3 is 208 Å². The molecule has 3 atom stereocenters. The minimum absolute atomic E-state index is 0.126. The van der Waals surface area contributed by atoms with E-state index in [0.717, 1.165) is 25.7 Å². The number of halogens is 2. The number of ether oxygens (including phenoxy) is 1. The molecule has 8 nitrogen and oxygen atoms in total. The Morgan fingerprint density at radius 2 is 1.97 bits per heavy atom. The van der Waals surface area contributed by atoms with E-state index < -0.39 is 59.2 Å². The fourth-order valence-corrected chi connectivity index (χ4v) is 9.33. The summed E-state index contributed by atoms with van der Waals surface area (Å²) >= 11 is -2.22. The summed E-state index contributed by atoms with van der Waals surface area (Å²) in [5, 5.41) is 9.04. The molecule has 3 N–H and O–H groups in total. The molecule has 0 heterocycles. The van der Waals surface area contributed by atoms with Crippen LogP contribution in [0.5, 0.6) is 0 Å². The number of alkyl halides is 2. The van der Waals surface area contributed by atoms with Crippen molar-refractivity contribution in [3.8, 4) is 0 Å². The Hall–Kier alpha value is -0.220. The molecular weight excluding hydrogens is 650 g/mol. The molecule has 180 valence electrons. The predicted octanol–water partition coefficient (Wildman–Crippen LogP) is -4.06. The molecule has 0 aromatic heterocycles. The van der Waals surface area contributed by atoms with Crippen molar-refractivity contribution in [2.24, 2.45) is 11.8 Å². The van der Waals surface area contributed by atoms with Crippen LogP contribution in [0, 0.1) is 11.8 Å². The number of sulfonamides is 1. The molecule has 1 aromatic rings. The van der Waals surface area contributed by atoms with E-state index in [-0.39, 0.29) is 32.0 Å². The molecule has 31 heavy (non-hydrogen) atoms. The first-order valence-electron chi connectivity index (χ1n) is 10.3. The Morgan fingerprint density at radius 1 is 1.26 bits per heavy atom. The van der Waals surface area contributed by atoms with E-state index in [2.05, 4.69) is 3.53 Å². The fraction of sp³-hybridized carbons (Fsp3) is 0.650. The van der Waals surface area contributed by atoms with Crippen molar-refractivity contribution in [1.82, 2.24) is 7.84 Å².